The zero-order chi connectivity index (χ0) is 18.8. The predicted molar refractivity (Wildman–Crippen MR) is 112 cm³/mol. The van der Waals surface area contributed by atoms with Gasteiger partial charge in [-0.25, -0.2) is 0 Å². The fraction of sp³-hybridized carbons (Fsp3) is 0.0476. The molecular formula is C21H15ClN2O2S. The molecule has 1 amide bonds. The lowest BCUT2D eigenvalue weighted by atomic mass is 10.3. The Hall–Kier alpha value is -2.89. The van der Waals surface area contributed by atoms with Crippen molar-refractivity contribution in [3.8, 4) is 11.5 Å². The van der Waals surface area contributed by atoms with Gasteiger partial charge < -0.3 is 9.64 Å². The normalized spacial score (nSPS) is 14.0. The first-order valence-corrected chi connectivity index (χ1v) is 9.13. The van der Waals surface area contributed by atoms with Gasteiger partial charge in [-0.1, -0.05) is 29.8 Å². The zero-order valence-corrected chi connectivity index (χ0v) is 15.8. The third kappa shape index (κ3) is 3.65. The van der Waals surface area contributed by atoms with Crippen LogP contribution in [-0.4, -0.2) is 17.6 Å². The van der Waals surface area contributed by atoms with Crippen LogP contribution in [0.1, 0.15) is 0 Å². The first-order valence-electron chi connectivity index (χ1n) is 8.35. The van der Waals surface area contributed by atoms with E-state index in [4.69, 9.17) is 28.6 Å². The van der Waals surface area contributed by atoms with Crippen molar-refractivity contribution in [3.05, 3.63) is 83.9 Å². The van der Waals surface area contributed by atoms with E-state index in [9.17, 15) is 4.79 Å². The molecule has 134 valence electrons. The van der Waals surface area contributed by atoms with E-state index in [1.165, 1.54) is 4.90 Å². The van der Waals surface area contributed by atoms with Crippen LogP contribution in [-0.2, 0) is 4.79 Å². The summed E-state index contributed by atoms with van der Waals surface area (Å²) in [6.45, 7) is 0.195. The minimum Gasteiger partial charge on any atom is -0.457 e. The number of carbonyl (C=O) groups excluding carboxylic acids is 1. The van der Waals surface area contributed by atoms with Gasteiger partial charge in [0.1, 0.15) is 18.0 Å². The molecule has 0 radical (unpaired) electrons. The van der Waals surface area contributed by atoms with Gasteiger partial charge in [-0.2, -0.15) is 0 Å². The number of ether oxygens (including phenoxy) is 1. The van der Waals surface area contributed by atoms with Crippen LogP contribution in [0.15, 0.2) is 78.9 Å². The van der Waals surface area contributed by atoms with Crippen LogP contribution < -0.4 is 14.5 Å². The number of amides is 1. The summed E-state index contributed by atoms with van der Waals surface area (Å²) in [5.74, 6) is 1.41. The van der Waals surface area contributed by atoms with Gasteiger partial charge in [-0.05, 0) is 72.9 Å². The van der Waals surface area contributed by atoms with E-state index in [1.807, 2.05) is 54.6 Å². The van der Waals surface area contributed by atoms with Crippen LogP contribution in [0.25, 0.3) is 0 Å². The molecule has 3 aromatic carbocycles. The molecule has 6 heteroatoms. The van der Waals surface area contributed by atoms with Gasteiger partial charge in [0.2, 0.25) is 0 Å². The average Bonchev–Trinajstić information content (AvgIpc) is 2.98. The highest BCUT2D eigenvalue weighted by Crippen LogP contribution is 2.29. The average molecular weight is 395 g/mol. The van der Waals surface area contributed by atoms with Gasteiger partial charge in [0.25, 0.3) is 5.91 Å². The Labute approximate surface area is 167 Å². The van der Waals surface area contributed by atoms with E-state index in [-0.39, 0.29) is 12.5 Å². The number of para-hydroxylation sites is 1. The molecule has 0 aliphatic carbocycles. The molecule has 0 spiro atoms. The number of hydrogen-bond donors (Lipinski definition) is 0. The van der Waals surface area contributed by atoms with E-state index in [2.05, 4.69) is 0 Å². The molecule has 1 heterocycles. The summed E-state index contributed by atoms with van der Waals surface area (Å²) in [5, 5.41) is 1.06. The molecule has 1 aliphatic rings. The molecule has 0 atom stereocenters. The van der Waals surface area contributed by atoms with Gasteiger partial charge in [0.05, 0.1) is 5.69 Å². The Morgan fingerprint density at radius 3 is 2.07 bits per heavy atom. The number of rotatable bonds is 4. The standard InChI is InChI=1S/C21H15ClN2O2S/c22-15-6-8-17(9-7-15)24-20(25)14-23(21(24)27)16-10-12-19(13-11-16)26-18-4-2-1-3-5-18/h1-13H,14H2. The molecule has 27 heavy (non-hydrogen) atoms. The summed E-state index contributed by atoms with van der Waals surface area (Å²) in [4.78, 5) is 15.8. The quantitative estimate of drug-likeness (QED) is 0.564. The second-order valence-corrected chi connectivity index (χ2v) is 6.78. The number of benzene rings is 3. The van der Waals surface area contributed by atoms with E-state index in [0.717, 1.165) is 17.2 Å². The van der Waals surface area contributed by atoms with Crippen LogP contribution in [0.2, 0.25) is 5.02 Å². The van der Waals surface area contributed by atoms with Gasteiger partial charge in [-0.15, -0.1) is 0 Å². The maximum Gasteiger partial charge on any atom is 0.253 e. The number of thiocarbonyl (C=S) groups is 1. The number of hydrogen-bond acceptors (Lipinski definition) is 3. The largest absolute Gasteiger partial charge is 0.457 e. The molecule has 0 saturated carbocycles. The van der Waals surface area contributed by atoms with Crippen molar-refractivity contribution in [3.63, 3.8) is 0 Å². The van der Waals surface area contributed by atoms with E-state index >= 15 is 0 Å². The first kappa shape index (κ1) is 17.5. The molecule has 4 rings (SSSR count). The summed E-state index contributed by atoms with van der Waals surface area (Å²) >= 11 is 11.5. The van der Waals surface area contributed by atoms with Gasteiger partial charge in [-0.3, -0.25) is 9.69 Å². The molecule has 0 aromatic heterocycles. The smallest absolute Gasteiger partial charge is 0.253 e. The Morgan fingerprint density at radius 2 is 1.41 bits per heavy atom. The molecular weight excluding hydrogens is 380 g/mol. The molecule has 1 aliphatic heterocycles. The summed E-state index contributed by atoms with van der Waals surface area (Å²) < 4.78 is 5.80. The molecule has 0 bridgehead atoms. The lowest BCUT2D eigenvalue weighted by Crippen LogP contribution is -2.32. The Kier molecular flexibility index (Phi) is 4.79. The lowest BCUT2D eigenvalue weighted by Gasteiger charge is -2.20. The Balaban J connectivity index is 1.52. The van der Waals surface area contributed by atoms with Crippen LogP contribution in [0, 0.1) is 0 Å². The zero-order valence-electron chi connectivity index (χ0n) is 14.2. The Bertz CT molecular complexity index is 975. The van der Waals surface area contributed by atoms with Gasteiger partial charge >= 0.3 is 0 Å². The monoisotopic (exact) mass is 394 g/mol. The van der Waals surface area contributed by atoms with E-state index in [0.29, 0.717) is 15.8 Å². The number of carbonyl (C=O) groups is 1. The van der Waals surface area contributed by atoms with Crippen LogP contribution >= 0.6 is 23.8 Å². The highest BCUT2D eigenvalue weighted by atomic mass is 35.5. The van der Waals surface area contributed by atoms with Gasteiger partial charge in [0, 0.05) is 10.7 Å². The van der Waals surface area contributed by atoms with Crippen LogP contribution in [0.3, 0.4) is 0 Å². The Morgan fingerprint density at radius 1 is 0.815 bits per heavy atom. The van der Waals surface area contributed by atoms with Crippen LogP contribution in [0.5, 0.6) is 11.5 Å². The third-order valence-electron chi connectivity index (χ3n) is 4.18. The van der Waals surface area contributed by atoms with Crippen molar-refractivity contribution in [2.24, 2.45) is 0 Å². The number of halogens is 1. The van der Waals surface area contributed by atoms with Crippen molar-refractivity contribution in [1.82, 2.24) is 0 Å². The van der Waals surface area contributed by atoms with Crippen molar-refractivity contribution >= 4 is 46.2 Å². The number of anilines is 2. The molecule has 1 fully saturated rings. The minimum atomic E-state index is -0.0769. The maximum atomic E-state index is 12.5. The van der Waals surface area contributed by atoms with Crippen molar-refractivity contribution < 1.29 is 9.53 Å². The minimum absolute atomic E-state index is 0.0769. The second kappa shape index (κ2) is 7.39. The summed E-state index contributed by atoms with van der Waals surface area (Å²) in [5.41, 5.74) is 1.55. The highest BCUT2D eigenvalue weighted by molar-refractivity contribution is 7.81. The van der Waals surface area contributed by atoms with Crippen molar-refractivity contribution in [1.29, 1.82) is 0 Å². The van der Waals surface area contributed by atoms with Crippen molar-refractivity contribution in [2.45, 2.75) is 0 Å². The third-order valence-corrected chi connectivity index (χ3v) is 4.83. The molecule has 0 unspecified atom stereocenters. The predicted octanol–water partition coefficient (Wildman–Crippen LogP) is 5.27. The summed E-state index contributed by atoms with van der Waals surface area (Å²) in [6.07, 6.45) is 0. The van der Waals surface area contributed by atoms with E-state index < -0.39 is 0 Å². The summed E-state index contributed by atoms with van der Waals surface area (Å²) in [7, 11) is 0. The molecule has 0 N–H and O–H groups in total. The topological polar surface area (TPSA) is 32.8 Å². The first-order chi connectivity index (χ1) is 13.1. The SMILES string of the molecule is O=C1CN(c2ccc(Oc3ccccc3)cc2)C(=S)N1c1ccc(Cl)cc1. The van der Waals surface area contributed by atoms with Crippen molar-refractivity contribution in [2.75, 3.05) is 16.3 Å². The van der Waals surface area contributed by atoms with Gasteiger partial charge in [0.15, 0.2) is 5.11 Å². The molecule has 4 nitrogen and oxygen atoms in total. The van der Waals surface area contributed by atoms with E-state index in [1.54, 1.807) is 29.2 Å². The fourth-order valence-electron chi connectivity index (χ4n) is 2.87. The molecule has 1 saturated heterocycles. The van der Waals surface area contributed by atoms with Crippen LogP contribution in [0.4, 0.5) is 11.4 Å². The number of nitrogens with zero attached hydrogens (tertiary/aromatic N) is 2. The molecule has 3 aromatic rings. The fourth-order valence-corrected chi connectivity index (χ4v) is 3.37. The second-order valence-electron chi connectivity index (χ2n) is 5.98. The lowest BCUT2D eigenvalue weighted by molar-refractivity contribution is -0.115. The summed E-state index contributed by atoms with van der Waals surface area (Å²) in [6, 6.07) is 24.1. The highest BCUT2D eigenvalue weighted by Gasteiger charge is 2.34. The maximum absolute atomic E-state index is 12.5.